The molecule has 0 spiro atoms. The molecule has 0 amide bonds. The van der Waals surface area contributed by atoms with E-state index in [-0.39, 0.29) is 11.8 Å². The van der Waals surface area contributed by atoms with Crippen LogP contribution in [0.2, 0.25) is 0 Å². The van der Waals surface area contributed by atoms with Crippen molar-refractivity contribution in [3.63, 3.8) is 0 Å². The van der Waals surface area contributed by atoms with Crippen LogP contribution in [0.4, 0.5) is 0 Å². The number of methoxy groups -OCH3 is 2. The van der Waals surface area contributed by atoms with E-state index in [1.54, 1.807) is 20.3 Å². The average molecular weight is 265 g/mol. The number of aromatic hydroxyl groups is 1. The maximum atomic E-state index is 10.0. The quantitative estimate of drug-likeness (QED) is 0.859. The molecule has 1 fully saturated rings. The lowest BCUT2D eigenvalue weighted by Crippen LogP contribution is -2.30. The third-order valence-corrected chi connectivity index (χ3v) is 3.91. The van der Waals surface area contributed by atoms with Gasteiger partial charge in [0.25, 0.3) is 0 Å². The maximum absolute atomic E-state index is 10.0. The number of hydrogen-bond donors (Lipinski definition) is 2. The van der Waals surface area contributed by atoms with Crippen molar-refractivity contribution in [2.24, 2.45) is 0 Å². The molecule has 1 aliphatic carbocycles. The van der Waals surface area contributed by atoms with E-state index in [2.05, 4.69) is 12.2 Å². The van der Waals surface area contributed by atoms with Crippen LogP contribution in [0.25, 0.3) is 0 Å². The summed E-state index contributed by atoms with van der Waals surface area (Å²) >= 11 is 0. The highest BCUT2D eigenvalue weighted by atomic mass is 16.5. The lowest BCUT2D eigenvalue weighted by atomic mass is 10.1. The van der Waals surface area contributed by atoms with Gasteiger partial charge in [0.1, 0.15) is 11.5 Å². The van der Waals surface area contributed by atoms with E-state index >= 15 is 0 Å². The van der Waals surface area contributed by atoms with Crippen molar-refractivity contribution in [1.29, 1.82) is 0 Å². The van der Waals surface area contributed by atoms with Crippen LogP contribution in [0.1, 0.15) is 37.8 Å². The minimum atomic E-state index is 0.117. The first-order valence-corrected chi connectivity index (χ1v) is 6.79. The second kappa shape index (κ2) is 6.26. The lowest BCUT2D eigenvalue weighted by Gasteiger charge is -2.21. The highest BCUT2D eigenvalue weighted by molar-refractivity contribution is 5.41. The summed E-state index contributed by atoms with van der Waals surface area (Å²) in [7, 11) is 3.37. The van der Waals surface area contributed by atoms with Gasteiger partial charge in [-0.05, 0) is 32.3 Å². The Hall–Kier alpha value is -1.26. The second-order valence-electron chi connectivity index (χ2n) is 5.18. The van der Waals surface area contributed by atoms with E-state index in [0.717, 1.165) is 24.8 Å². The molecular formula is C15H23NO3. The second-order valence-corrected chi connectivity index (χ2v) is 5.18. The molecule has 0 aliphatic heterocycles. The first-order chi connectivity index (χ1) is 9.13. The number of ether oxygens (including phenoxy) is 2. The van der Waals surface area contributed by atoms with E-state index in [1.165, 1.54) is 0 Å². The molecule has 0 heterocycles. The lowest BCUT2D eigenvalue weighted by molar-refractivity contribution is 0.106. The average Bonchev–Trinajstić information content (AvgIpc) is 2.86. The minimum Gasteiger partial charge on any atom is -0.507 e. The number of nitrogens with one attached hydrogen (secondary N) is 1. The van der Waals surface area contributed by atoms with Crippen molar-refractivity contribution < 1.29 is 14.6 Å². The highest BCUT2D eigenvalue weighted by Gasteiger charge is 2.26. The van der Waals surface area contributed by atoms with Crippen LogP contribution >= 0.6 is 0 Å². The van der Waals surface area contributed by atoms with Gasteiger partial charge in [-0.15, -0.1) is 0 Å². The molecule has 4 nitrogen and oxygen atoms in total. The summed E-state index contributed by atoms with van der Waals surface area (Å²) in [5, 5.41) is 13.6. The van der Waals surface area contributed by atoms with Gasteiger partial charge in [0.15, 0.2) is 0 Å². The Kier molecular flexibility index (Phi) is 4.66. The summed E-state index contributed by atoms with van der Waals surface area (Å²) in [6, 6.07) is 6.02. The number of hydrogen-bond acceptors (Lipinski definition) is 4. The van der Waals surface area contributed by atoms with Gasteiger partial charge < -0.3 is 19.9 Å². The van der Waals surface area contributed by atoms with Gasteiger partial charge in [0.2, 0.25) is 0 Å². The monoisotopic (exact) mass is 265 g/mol. The Labute approximate surface area is 114 Å². The van der Waals surface area contributed by atoms with E-state index in [4.69, 9.17) is 9.47 Å². The summed E-state index contributed by atoms with van der Waals surface area (Å²) in [6.07, 6.45) is 3.64. The largest absolute Gasteiger partial charge is 0.507 e. The fourth-order valence-corrected chi connectivity index (χ4v) is 2.77. The topological polar surface area (TPSA) is 50.7 Å². The number of rotatable bonds is 5. The smallest absolute Gasteiger partial charge is 0.124 e. The first-order valence-electron chi connectivity index (χ1n) is 6.79. The first kappa shape index (κ1) is 14.2. The number of benzene rings is 1. The molecule has 1 aromatic rings. The molecule has 1 saturated carbocycles. The Bertz CT molecular complexity index is 422. The molecule has 0 bridgehead atoms. The minimum absolute atomic E-state index is 0.117. The third-order valence-electron chi connectivity index (χ3n) is 3.91. The predicted molar refractivity (Wildman–Crippen MR) is 74.6 cm³/mol. The van der Waals surface area contributed by atoms with Gasteiger partial charge in [-0.1, -0.05) is 6.07 Å². The van der Waals surface area contributed by atoms with Crippen LogP contribution in [0, 0.1) is 0 Å². The van der Waals surface area contributed by atoms with Crippen LogP contribution in [0.5, 0.6) is 11.5 Å². The van der Waals surface area contributed by atoms with Gasteiger partial charge in [-0.25, -0.2) is 0 Å². The van der Waals surface area contributed by atoms with Crippen LogP contribution in [0.3, 0.4) is 0 Å². The SMILES string of the molecule is COc1ccc(C(C)NC2CCC(OC)C2)c(O)c1. The summed E-state index contributed by atoms with van der Waals surface area (Å²) in [5.41, 5.74) is 0.904. The van der Waals surface area contributed by atoms with Crippen molar-refractivity contribution in [2.45, 2.75) is 44.4 Å². The van der Waals surface area contributed by atoms with Gasteiger partial charge >= 0.3 is 0 Å². The van der Waals surface area contributed by atoms with E-state index in [9.17, 15) is 5.11 Å². The number of phenols is 1. The van der Waals surface area contributed by atoms with Crippen LogP contribution in [0.15, 0.2) is 18.2 Å². The molecule has 2 N–H and O–H groups in total. The van der Waals surface area contributed by atoms with Crippen molar-refractivity contribution in [1.82, 2.24) is 5.32 Å². The molecule has 3 unspecified atom stereocenters. The predicted octanol–water partition coefficient (Wildman–Crippen LogP) is 2.62. The molecular weight excluding hydrogens is 242 g/mol. The molecule has 1 aromatic carbocycles. The molecule has 0 radical (unpaired) electrons. The summed E-state index contributed by atoms with van der Waals surface area (Å²) < 4.78 is 10.5. The van der Waals surface area contributed by atoms with Gasteiger partial charge in [0, 0.05) is 30.8 Å². The van der Waals surface area contributed by atoms with E-state index in [0.29, 0.717) is 17.9 Å². The van der Waals surface area contributed by atoms with Gasteiger partial charge in [-0.2, -0.15) is 0 Å². The van der Waals surface area contributed by atoms with Crippen molar-refractivity contribution in [3.8, 4) is 11.5 Å². The van der Waals surface area contributed by atoms with Crippen molar-refractivity contribution in [2.75, 3.05) is 14.2 Å². The van der Waals surface area contributed by atoms with Crippen LogP contribution in [-0.2, 0) is 4.74 Å². The zero-order valence-electron chi connectivity index (χ0n) is 11.8. The van der Waals surface area contributed by atoms with Crippen LogP contribution < -0.4 is 10.1 Å². The van der Waals surface area contributed by atoms with E-state index < -0.39 is 0 Å². The third kappa shape index (κ3) is 3.39. The van der Waals surface area contributed by atoms with Crippen LogP contribution in [-0.4, -0.2) is 31.5 Å². The fourth-order valence-electron chi connectivity index (χ4n) is 2.77. The molecule has 2 rings (SSSR count). The van der Waals surface area contributed by atoms with Crippen molar-refractivity contribution >= 4 is 0 Å². The molecule has 3 atom stereocenters. The number of phenolic OH excluding ortho intramolecular Hbond substituents is 1. The molecule has 0 saturated heterocycles. The Balaban J connectivity index is 1.98. The zero-order chi connectivity index (χ0) is 13.8. The molecule has 1 aliphatic rings. The summed E-state index contributed by atoms with van der Waals surface area (Å²) in [4.78, 5) is 0. The van der Waals surface area contributed by atoms with Crippen molar-refractivity contribution in [3.05, 3.63) is 23.8 Å². The Morgan fingerprint density at radius 2 is 2.11 bits per heavy atom. The van der Waals surface area contributed by atoms with Gasteiger partial charge in [0.05, 0.1) is 13.2 Å². The summed E-state index contributed by atoms with van der Waals surface area (Å²) in [5.74, 6) is 0.953. The zero-order valence-corrected chi connectivity index (χ0v) is 11.8. The molecule has 106 valence electrons. The Morgan fingerprint density at radius 3 is 2.68 bits per heavy atom. The Morgan fingerprint density at radius 1 is 1.32 bits per heavy atom. The fraction of sp³-hybridized carbons (Fsp3) is 0.600. The molecule has 0 aromatic heterocycles. The summed E-state index contributed by atoms with van der Waals surface area (Å²) in [6.45, 7) is 2.07. The normalized spacial score (nSPS) is 24.4. The van der Waals surface area contributed by atoms with Gasteiger partial charge in [-0.3, -0.25) is 0 Å². The standard InChI is InChI=1S/C15H23NO3/c1-10(16-11-4-5-12(8-11)18-2)14-7-6-13(19-3)9-15(14)17/h6-7,9-12,16-17H,4-5,8H2,1-3H3. The molecule has 19 heavy (non-hydrogen) atoms. The van der Waals surface area contributed by atoms with E-state index in [1.807, 2.05) is 12.1 Å². The highest BCUT2D eigenvalue weighted by Crippen LogP contribution is 2.30. The molecule has 4 heteroatoms. The maximum Gasteiger partial charge on any atom is 0.124 e.